The van der Waals surface area contributed by atoms with Crippen molar-refractivity contribution in [1.82, 2.24) is 0 Å². The van der Waals surface area contributed by atoms with Crippen molar-refractivity contribution < 1.29 is 14.3 Å². The van der Waals surface area contributed by atoms with Crippen LogP contribution < -0.4 is 0 Å². The van der Waals surface area contributed by atoms with E-state index in [1.54, 1.807) is 0 Å². The number of rotatable bonds is 2. The molecule has 1 saturated heterocycles. The van der Waals surface area contributed by atoms with Crippen molar-refractivity contribution in [3.8, 4) is 0 Å². The van der Waals surface area contributed by atoms with Crippen LogP contribution in [0.2, 0.25) is 0 Å². The summed E-state index contributed by atoms with van der Waals surface area (Å²) in [7, 11) is 0. The standard InChI is InChI=1S/C11H16O3/c1-2-13-10(12)9-11(14-9)6-7-3-4-8(11)5-7/h7-9H,2-6H2,1H3. The SMILES string of the molecule is CCOC(=O)C1OC12CC1CCC2C1. The Morgan fingerprint density at radius 2 is 2.43 bits per heavy atom. The molecule has 1 spiro atoms. The van der Waals surface area contributed by atoms with E-state index in [2.05, 4.69) is 0 Å². The average Bonchev–Trinajstić information content (AvgIpc) is 2.57. The summed E-state index contributed by atoms with van der Waals surface area (Å²) in [5.41, 5.74) is -0.0742. The van der Waals surface area contributed by atoms with E-state index in [4.69, 9.17) is 9.47 Å². The van der Waals surface area contributed by atoms with Crippen LogP contribution in [0.3, 0.4) is 0 Å². The number of hydrogen-bond acceptors (Lipinski definition) is 3. The average molecular weight is 196 g/mol. The molecule has 1 aliphatic heterocycles. The normalized spacial score (nSPS) is 48.5. The number of carbonyl (C=O) groups excluding carboxylic acids is 1. The van der Waals surface area contributed by atoms with E-state index in [0.29, 0.717) is 12.5 Å². The molecular weight excluding hydrogens is 180 g/mol. The zero-order valence-corrected chi connectivity index (χ0v) is 8.49. The van der Waals surface area contributed by atoms with Gasteiger partial charge in [0.25, 0.3) is 0 Å². The van der Waals surface area contributed by atoms with Crippen molar-refractivity contribution in [2.24, 2.45) is 11.8 Å². The van der Waals surface area contributed by atoms with Gasteiger partial charge in [-0.3, -0.25) is 0 Å². The Kier molecular flexibility index (Phi) is 1.69. The second-order valence-corrected chi connectivity index (χ2v) is 4.79. The Balaban J connectivity index is 1.69. The van der Waals surface area contributed by atoms with Crippen molar-refractivity contribution in [2.75, 3.05) is 6.61 Å². The highest BCUT2D eigenvalue weighted by Crippen LogP contribution is 2.62. The lowest BCUT2D eigenvalue weighted by atomic mass is 9.86. The molecule has 3 rings (SSSR count). The quantitative estimate of drug-likeness (QED) is 0.496. The van der Waals surface area contributed by atoms with Crippen molar-refractivity contribution in [2.45, 2.75) is 44.3 Å². The molecule has 0 radical (unpaired) electrons. The molecule has 4 atom stereocenters. The van der Waals surface area contributed by atoms with Crippen LogP contribution in [0.5, 0.6) is 0 Å². The predicted octanol–water partition coefficient (Wildman–Crippen LogP) is 1.51. The predicted molar refractivity (Wildman–Crippen MR) is 49.7 cm³/mol. The van der Waals surface area contributed by atoms with Crippen LogP contribution >= 0.6 is 0 Å². The Labute approximate surface area is 83.8 Å². The van der Waals surface area contributed by atoms with E-state index in [1.165, 1.54) is 19.3 Å². The van der Waals surface area contributed by atoms with Gasteiger partial charge in [-0.15, -0.1) is 0 Å². The van der Waals surface area contributed by atoms with Crippen LogP contribution in [0.1, 0.15) is 32.6 Å². The molecule has 2 saturated carbocycles. The Morgan fingerprint density at radius 1 is 1.57 bits per heavy atom. The fourth-order valence-corrected chi connectivity index (χ4v) is 3.44. The molecule has 3 heteroatoms. The Hall–Kier alpha value is -0.570. The van der Waals surface area contributed by atoms with E-state index < -0.39 is 0 Å². The molecule has 0 aromatic carbocycles. The number of carbonyl (C=O) groups is 1. The first-order chi connectivity index (χ1) is 6.76. The fraction of sp³-hybridized carbons (Fsp3) is 0.909. The van der Waals surface area contributed by atoms with Gasteiger partial charge >= 0.3 is 5.97 Å². The van der Waals surface area contributed by atoms with Gasteiger partial charge < -0.3 is 9.47 Å². The summed E-state index contributed by atoms with van der Waals surface area (Å²) in [6, 6.07) is 0. The Bertz CT molecular complexity index is 276. The summed E-state index contributed by atoms with van der Waals surface area (Å²) in [4.78, 5) is 11.5. The van der Waals surface area contributed by atoms with Gasteiger partial charge in [-0.2, -0.15) is 0 Å². The summed E-state index contributed by atoms with van der Waals surface area (Å²) in [5, 5.41) is 0. The summed E-state index contributed by atoms with van der Waals surface area (Å²) in [6.45, 7) is 2.30. The van der Waals surface area contributed by atoms with E-state index >= 15 is 0 Å². The van der Waals surface area contributed by atoms with E-state index in [-0.39, 0.29) is 17.7 Å². The number of hydrogen-bond donors (Lipinski definition) is 0. The monoisotopic (exact) mass is 196 g/mol. The third-order valence-electron chi connectivity index (χ3n) is 4.06. The highest BCUT2D eigenvalue weighted by Gasteiger charge is 2.70. The lowest BCUT2D eigenvalue weighted by Gasteiger charge is -2.17. The molecule has 3 aliphatic rings. The van der Waals surface area contributed by atoms with Gasteiger partial charge in [-0.1, -0.05) is 0 Å². The molecule has 3 fully saturated rings. The Morgan fingerprint density at radius 3 is 3.00 bits per heavy atom. The minimum absolute atomic E-state index is 0.0742. The molecule has 3 nitrogen and oxygen atoms in total. The van der Waals surface area contributed by atoms with Crippen molar-refractivity contribution >= 4 is 5.97 Å². The molecule has 1 heterocycles. The molecular formula is C11H16O3. The maximum absolute atomic E-state index is 11.5. The fourth-order valence-electron chi connectivity index (χ4n) is 3.44. The van der Waals surface area contributed by atoms with Gasteiger partial charge in [0, 0.05) is 0 Å². The number of epoxide rings is 1. The molecule has 0 aromatic rings. The van der Waals surface area contributed by atoms with Crippen LogP contribution in [0, 0.1) is 11.8 Å². The third kappa shape index (κ3) is 0.991. The van der Waals surface area contributed by atoms with Crippen molar-refractivity contribution in [3.05, 3.63) is 0 Å². The number of ether oxygens (including phenoxy) is 2. The smallest absolute Gasteiger partial charge is 0.338 e. The van der Waals surface area contributed by atoms with Gasteiger partial charge in [0.15, 0.2) is 6.10 Å². The van der Waals surface area contributed by atoms with Gasteiger partial charge in [0.2, 0.25) is 0 Å². The van der Waals surface area contributed by atoms with Crippen LogP contribution in [-0.4, -0.2) is 24.3 Å². The first kappa shape index (κ1) is 8.72. The molecule has 14 heavy (non-hydrogen) atoms. The minimum atomic E-state index is -0.224. The van der Waals surface area contributed by atoms with Crippen molar-refractivity contribution in [1.29, 1.82) is 0 Å². The summed E-state index contributed by atoms with van der Waals surface area (Å²) >= 11 is 0. The second-order valence-electron chi connectivity index (χ2n) is 4.79. The van der Waals surface area contributed by atoms with Crippen LogP contribution in [0.15, 0.2) is 0 Å². The van der Waals surface area contributed by atoms with Crippen molar-refractivity contribution in [3.63, 3.8) is 0 Å². The number of esters is 1. The third-order valence-corrected chi connectivity index (χ3v) is 4.06. The van der Waals surface area contributed by atoms with E-state index in [1.807, 2.05) is 6.92 Å². The maximum atomic E-state index is 11.5. The van der Waals surface area contributed by atoms with Crippen LogP contribution in [-0.2, 0) is 14.3 Å². The summed E-state index contributed by atoms with van der Waals surface area (Å²) < 4.78 is 10.6. The molecule has 0 amide bonds. The molecule has 2 bridgehead atoms. The largest absolute Gasteiger partial charge is 0.464 e. The second kappa shape index (κ2) is 2.72. The number of fused-ring (bicyclic) bond motifs is 3. The van der Waals surface area contributed by atoms with E-state index in [9.17, 15) is 4.79 Å². The molecule has 4 unspecified atom stereocenters. The van der Waals surface area contributed by atoms with E-state index in [0.717, 1.165) is 12.3 Å². The van der Waals surface area contributed by atoms with Gasteiger partial charge in [0.05, 0.1) is 6.61 Å². The zero-order valence-electron chi connectivity index (χ0n) is 8.49. The molecule has 78 valence electrons. The molecule has 0 N–H and O–H groups in total. The van der Waals surface area contributed by atoms with Crippen LogP contribution in [0.4, 0.5) is 0 Å². The first-order valence-corrected chi connectivity index (χ1v) is 5.60. The molecule has 2 aliphatic carbocycles. The van der Waals surface area contributed by atoms with Gasteiger partial charge in [-0.05, 0) is 44.4 Å². The van der Waals surface area contributed by atoms with Gasteiger partial charge in [0.1, 0.15) is 5.60 Å². The minimum Gasteiger partial charge on any atom is -0.464 e. The maximum Gasteiger partial charge on any atom is 0.338 e. The van der Waals surface area contributed by atoms with Crippen LogP contribution in [0.25, 0.3) is 0 Å². The zero-order chi connectivity index (χ0) is 9.76. The lowest BCUT2D eigenvalue weighted by Crippen LogP contribution is -2.28. The molecule has 0 aromatic heterocycles. The first-order valence-electron chi connectivity index (χ1n) is 5.60. The summed E-state index contributed by atoms with van der Waals surface area (Å²) in [5.74, 6) is 1.32. The lowest BCUT2D eigenvalue weighted by molar-refractivity contribution is -0.144. The summed E-state index contributed by atoms with van der Waals surface area (Å²) in [6.07, 6.45) is 4.74. The topological polar surface area (TPSA) is 38.8 Å². The highest BCUT2D eigenvalue weighted by atomic mass is 16.7. The highest BCUT2D eigenvalue weighted by molar-refractivity contribution is 5.79. The van der Waals surface area contributed by atoms with Gasteiger partial charge in [-0.25, -0.2) is 4.79 Å².